The van der Waals surface area contributed by atoms with Gasteiger partial charge in [-0.1, -0.05) is 5.16 Å². The Labute approximate surface area is 161 Å². The van der Waals surface area contributed by atoms with E-state index in [0.717, 1.165) is 25.0 Å². The summed E-state index contributed by atoms with van der Waals surface area (Å²) in [5.41, 5.74) is -0.221. The van der Waals surface area contributed by atoms with Crippen molar-refractivity contribution in [2.75, 3.05) is 19.6 Å². The first-order valence-corrected chi connectivity index (χ1v) is 9.25. The first-order valence-electron chi connectivity index (χ1n) is 9.25. The number of carbonyl (C=O) groups excluding carboxylic acids is 2. The minimum atomic E-state index is -0.913. The number of piperidine rings is 1. The van der Waals surface area contributed by atoms with E-state index in [1.54, 1.807) is 11.8 Å². The Hall–Kier alpha value is -2.84. The van der Waals surface area contributed by atoms with Crippen LogP contribution < -0.4 is 5.32 Å². The largest absolute Gasteiger partial charge is 0.352 e. The van der Waals surface area contributed by atoms with Crippen molar-refractivity contribution in [2.24, 2.45) is 0 Å². The number of benzene rings is 1. The van der Waals surface area contributed by atoms with Gasteiger partial charge in [0, 0.05) is 32.1 Å². The summed E-state index contributed by atoms with van der Waals surface area (Å²) < 4.78 is 31.7. The van der Waals surface area contributed by atoms with Crippen LogP contribution in [0, 0.1) is 18.6 Å². The van der Waals surface area contributed by atoms with Gasteiger partial charge >= 0.3 is 0 Å². The fourth-order valence-corrected chi connectivity index (χ4v) is 3.25. The van der Waals surface area contributed by atoms with Crippen LogP contribution in [-0.4, -0.2) is 46.5 Å². The predicted molar refractivity (Wildman–Crippen MR) is 95.5 cm³/mol. The molecule has 1 unspecified atom stereocenters. The minimum absolute atomic E-state index is 0.0110. The Morgan fingerprint density at radius 2 is 2.18 bits per heavy atom. The molecule has 2 aromatic rings. The molecule has 1 aliphatic rings. The van der Waals surface area contributed by atoms with Gasteiger partial charge < -0.3 is 14.7 Å². The second-order valence-corrected chi connectivity index (χ2v) is 6.84. The van der Waals surface area contributed by atoms with Crippen molar-refractivity contribution >= 4 is 11.8 Å². The Balaban J connectivity index is 1.43. The lowest BCUT2D eigenvalue weighted by Crippen LogP contribution is -2.39. The summed E-state index contributed by atoms with van der Waals surface area (Å²) in [7, 11) is 0. The van der Waals surface area contributed by atoms with Crippen LogP contribution in [0.1, 0.15) is 53.7 Å². The highest BCUT2D eigenvalue weighted by Crippen LogP contribution is 2.26. The predicted octanol–water partition coefficient (Wildman–Crippen LogP) is 2.57. The number of carbonyl (C=O) groups is 2. The third-order valence-electron chi connectivity index (χ3n) is 4.70. The second kappa shape index (κ2) is 8.90. The smallest absolute Gasteiger partial charge is 0.254 e. The van der Waals surface area contributed by atoms with Crippen LogP contribution in [0.5, 0.6) is 0 Å². The van der Waals surface area contributed by atoms with Gasteiger partial charge in [0.05, 0.1) is 11.5 Å². The van der Waals surface area contributed by atoms with Gasteiger partial charge in [0.2, 0.25) is 11.8 Å². The maximum absolute atomic E-state index is 13.6. The summed E-state index contributed by atoms with van der Waals surface area (Å²) in [5.74, 6) is -1.12. The van der Waals surface area contributed by atoms with Gasteiger partial charge in [0.25, 0.3) is 5.91 Å². The van der Waals surface area contributed by atoms with Crippen molar-refractivity contribution in [2.45, 2.75) is 38.5 Å². The van der Waals surface area contributed by atoms with Crippen molar-refractivity contribution in [3.8, 4) is 0 Å². The average molecular weight is 392 g/mol. The molecule has 3 rings (SSSR count). The maximum atomic E-state index is 13.6. The van der Waals surface area contributed by atoms with Crippen LogP contribution in [-0.2, 0) is 4.79 Å². The van der Waals surface area contributed by atoms with Crippen LogP contribution in [0.4, 0.5) is 8.78 Å². The molecule has 150 valence electrons. The fourth-order valence-electron chi connectivity index (χ4n) is 3.25. The van der Waals surface area contributed by atoms with Crippen LogP contribution >= 0.6 is 0 Å². The average Bonchev–Trinajstić information content (AvgIpc) is 3.11. The van der Waals surface area contributed by atoms with E-state index in [4.69, 9.17) is 4.52 Å². The molecule has 1 fully saturated rings. The van der Waals surface area contributed by atoms with Gasteiger partial charge in [-0.25, -0.2) is 8.78 Å². The topological polar surface area (TPSA) is 88.3 Å². The number of halogens is 2. The monoisotopic (exact) mass is 392 g/mol. The van der Waals surface area contributed by atoms with E-state index in [-0.39, 0.29) is 30.4 Å². The molecule has 0 bridgehead atoms. The Morgan fingerprint density at radius 1 is 1.36 bits per heavy atom. The standard InChI is InChI=1S/C19H22F2N4O3/c1-12-23-19(28-24-12)13-4-3-9-25(11-13)17(26)5-2-8-22-18(27)15-7-6-14(20)10-16(15)21/h6-7,10,13H,2-5,8-9,11H2,1H3,(H,22,27). The van der Waals surface area contributed by atoms with Crippen LogP contribution in [0.25, 0.3) is 0 Å². The molecule has 1 aliphatic heterocycles. The number of likely N-dealkylation sites (tertiary alicyclic amines) is 1. The zero-order valence-electron chi connectivity index (χ0n) is 15.6. The van der Waals surface area contributed by atoms with E-state index in [0.29, 0.717) is 37.3 Å². The van der Waals surface area contributed by atoms with Crippen LogP contribution in [0.15, 0.2) is 22.7 Å². The van der Waals surface area contributed by atoms with E-state index in [1.807, 2.05) is 0 Å². The van der Waals surface area contributed by atoms with E-state index < -0.39 is 17.5 Å². The van der Waals surface area contributed by atoms with Gasteiger partial charge in [-0.05, 0) is 38.3 Å². The Morgan fingerprint density at radius 3 is 2.89 bits per heavy atom. The van der Waals surface area contributed by atoms with E-state index in [2.05, 4.69) is 15.5 Å². The molecule has 1 atom stereocenters. The number of nitrogens with zero attached hydrogens (tertiary/aromatic N) is 3. The lowest BCUT2D eigenvalue weighted by molar-refractivity contribution is -0.132. The SMILES string of the molecule is Cc1noc(C2CCCN(C(=O)CCCNC(=O)c3ccc(F)cc3F)C2)n1. The number of aromatic nitrogens is 2. The van der Waals surface area contributed by atoms with Gasteiger partial charge in [0.1, 0.15) is 11.6 Å². The number of rotatable bonds is 6. The number of hydrogen-bond acceptors (Lipinski definition) is 5. The summed E-state index contributed by atoms with van der Waals surface area (Å²) >= 11 is 0. The van der Waals surface area contributed by atoms with Crippen molar-refractivity contribution in [1.82, 2.24) is 20.4 Å². The van der Waals surface area contributed by atoms with Gasteiger partial charge in [0.15, 0.2) is 5.82 Å². The number of hydrogen-bond donors (Lipinski definition) is 1. The highest BCUT2D eigenvalue weighted by Gasteiger charge is 2.28. The van der Waals surface area contributed by atoms with E-state index >= 15 is 0 Å². The van der Waals surface area contributed by atoms with E-state index in [1.165, 1.54) is 0 Å². The zero-order valence-corrected chi connectivity index (χ0v) is 15.6. The lowest BCUT2D eigenvalue weighted by atomic mass is 9.97. The van der Waals surface area contributed by atoms with Gasteiger partial charge in [-0.2, -0.15) is 4.98 Å². The van der Waals surface area contributed by atoms with E-state index in [9.17, 15) is 18.4 Å². The lowest BCUT2D eigenvalue weighted by Gasteiger charge is -2.31. The molecular weight excluding hydrogens is 370 g/mol. The van der Waals surface area contributed by atoms with Crippen molar-refractivity contribution in [3.63, 3.8) is 0 Å². The van der Waals surface area contributed by atoms with Crippen molar-refractivity contribution in [1.29, 1.82) is 0 Å². The molecule has 1 N–H and O–H groups in total. The first kappa shape index (κ1) is 19.9. The second-order valence-electron chi connectivity index (χ2n) is 6.84. The summed E-state index contributed by atoms with van der Waals surface area (Å²) in [6.07, 6.45) is 2.44. The zero-order chi connectivity index (χ0) is 20.1. The molecule has 2 heterocycles. The minimum Gasteiger partial charge on any atom is -0.352 e. The number of nitrogens with one attached hydrogen (secondary N) is 1. The summed E-state index contributed by atoms with van der Waals surface area (Å²) in [4.78, 5) is 30.4. The maximum Gasteiger partial charge on any atom is 0.254 e. The molecular formula is C19H22F2N4O3. The molecule has 0 aliphatic carbocycles. The molecule has 1 saturated heterocycles. The highest BCUT2D eigenvalue weighted by molar-refractivity contribution is 5.94. The molecule has 7 nitrogen and oxygen atoms in total. The van der Waals surface area contributed by atoms with Crippen molar-refractivity contribution < 1.29 is 22.9 Å². The highest BCUT2D eigenvalue weighted by atomic mass is 19.1. The van der Waals surface area contributed by atoms with Gasteiger partial charge in [-0.3, -0.25) is 9.59 Å². The van der Waals surface area contributed by atoms with Crippen LogP contribution in [0.2, 0.25) is 0 Å². The molecule has 0 radical (unpaired) electrons. The Bertz CT molecular complexity index is 855. The third-order valence-corrected chi connectivity index (χ3v) is 4.70. The fraction of sp³-hybridized carbons (Fsp3) is 0.474. The first-order chi connectivity index (χ1) is 13.4. The molecule has 2 amide bonds. The molecule has 28 heavy (non-hydrogen) atoms. The molecule has 0 saturated carbocycles. The summed E-state index contributed by atoms with van der Waals surface area (Å²) in [6.45, 7) is 3.19. The Kier molecular flexibility index (Phi) is 6.33. The molecule has 1 aromatic heterocycles. The van der Waals surface area contributed by atoms with Gasteiger partial charge in [-0.15, -0.1) is 0 Å². The summed E-state index contributed by atoms with van der Waals surface area (Å²) in [5, 5.41) is 6.35. The summed E-state index contributed by atoms with van der Waals surface area (Å²) in [6, 6.07) is 2.79. The molecule has 1 aromatic carbocycles. The van der Waals surface area contributed by atoms with Crippen molar-refractivity contribution in [3.05, 3.63) is 47.1 Å². The molecule has 0 spiro atoms. The quantitative estimate of drug-likeness (QED) is 0.764. The molecule has 9 heteroatoms. The number of amides is 2. The van der Waals surface area contributed by atoms with Crippen LogP contribution in [0.3, 0.4) is 0 Å². The normalized spacial score (nSPS) is 16.8. The third kappa shape index (κ3) is 4.90. The number of aryl methyl sites for hydroxylation is 1.